The highest BCUT2D eigenvalue weighted by atomic mass is 16.1. The summed E-state index contributed by atoms with van der Waals surface area (Å²) >= 11 is 0. The Labute approximate surface area is 104 Å². The highest BCUT2D eigenvalue weighted by Crippen LogP contribution is 2.16. The second-order valence-corrected chi connectivity index (χ2v) is 5.29. The molecule has 4 nitrogen and oxygen atoms in total. The predicted octanol–water partition coefficient (Wildman–Crippen LogP) is 0.587. The summed E-state index contributed by atoms with van der Waals surface area (Å²) in [5.74, 6) is 0.794. The summed E-state index contributed by atoms with van der Waals surface area (Å²) in [6, 6.07) is 0.575. The van der Waals surface area contributed by atoms with Crippen molar-refractivity contribution in [3.05, 3.63) is 0 Å². The van der Waals surface area contributed by atoms with Crippen molar-refractivity contribution < 1.29 is 4.79 Å². The molecule has 17 heavy (non-hydrogen) atoms. The molecule has 2 N–H and O–H groups in total. The van der Waals surface area contributed by atoms with Gasteiger partial charge in [-0.25, -0.2) is 0 Å². The minimum atomic E-state index is 0.238. The number of nitrogens with zero attached hydrogens (tertiary/aromatic N) is 1. The van der Waals surface area contributed by atoms with Gasteiger partial charge in [0.15, 0.2) is 0 Å². The molecule has 4 heteroatoms. The fourth-order valence-corrected chi connectivity index (χ4v) is 3.00. The van der Waals surface area contributed by atoms with Gasteiger partial charge in [0.25, 0.3) is 0 Å². The van der Waals surface area contributed by atoms with E-state index in [1.807, 2.05) is 0 Å². The average Bonchev–Trinajstić information content (AvgIpc) is 2.96. The molecular formula is C13H25N3O. The Morgan fingerprint density at radius 3 is 3.06 bits per heavy atom. The van der Waals surface area contributed by atoms with Gasteiger partial charge in [0, 0.05) is 19.0 Å². The van der Waals surface area contributed by atoms with E-state index in [0.717, 1.165) is 32.6 Å². The molecule has 2 aliphatic rings. The van der Waals surface area contributed by atoms with Gasteiger partial charge in [-0.2, -0.15) is 0 Å². The van der Waals surface area contributed by atoms with Crippen molar-refractivity contribution in [3.8, 4) is 0 Å². The maximum atomic E-state index is 11.8. The summed E-state index contributed by atoms with van der Waals surface area (Å²) in [6.07, 6.45) is 4.36. The van der Waals surface area contributed by atoms with Gasteiger partial charge in [0.05, 0.1) is 0 Å². The molecule has 2 rings (SSSR count). The van der Waals surface area contributed by atoms with Crippen LogP contribution in [0.25, 0.3) is 0 Å². The van der Waals surface area contributed by atoms with Crippen molar-refractivity contribution in [2.24, 2.45) is 5.92 Å². The van der Waals surface area contributed by atoms with Crippen LogP contribution in [0.5, 0.6) is 0 Å². The molecule has 0 aliphatic carbocycles. The molecule has 0 bridgehead atoms. The van der Waals surface area contributed by atoms with Crippen LogP contribution in [0.1, 0.15) is 32.6 Å². The molecular weight excluding hydrogens is 214 g/mol. The van der Waals surface area contributed by atoms with Crippen LogP contribution in [-0.2, 0) is 4.79 Å². The third-order valence-electron chi connectivity index (χ3n) is 4.08. The van der Waals surface area contributed by atoms with E-state index in [-0.39, 0.29) is 5.91 Å². The Morgan fingerprint density at radius 1 is 1.47 bits per heavy atom. The van der Waals surface area contributed by atoms with Crippen LogP contribution in [0.2, 0.25) is 0 Å². The first-order valence-electron chi connectivity index (χ1n) is 7.01. The summed E-state index contributed by atoms with van der Waals surface area (Å²) < 4.78 is 0. The molecule has 1 amide bonds. The van der Waals surface area contributed by atoms with E-state index in [4.69, 9.17) is 0 Å². The Morgan fingerprint density at radius 2 is 2.35 bits per heavy atom. The van der Waals surface area contributed by atoms with Gasteiger partial charge < -0.3 is 10.6 Å². The average molecular weight is 239 g/mol. The zero-order chi connectivity index (χ0) is 12.1. The van der Waals surface area contributed by atoms with Crippen molar-refractivity contribution >= 4 is 5.91 Å². The lowest BCUT2D eigenvalue weighted by molar-refractivity contribution is -0.122. The summed E-state index contributed by atoms with van der Waals surface area (Å²) in [6.45, 7) is 7.43. The van der Waals surface area contributed by atoms with E-state index < -0.39 is 0 Å². The normalized spacial score (nSPS) is 29.7. The number of carbonyl (C=O) groups excluding carboxylic acids is 1. The van der Waals surface area contributed by atoms with E-state index in [0.29, 0.717) is 18.4 Å². The number of likely N-dealkylation sites (tertiary alicyclic amines) is 1. The largest absolute Gasteiger partial charge is 0.355 e. The summed E-state index contributed by atoms with van der Waals surface area (Å²) in [7, 11) is 0. The fourth-order valence-electron chi connectivity index (χ4n) is 3.00. The first kappa shape index (κ1) is 12.8. The SMILES string of the molecule is CCN1CCCC1CNC(=O)CC1CCNC1. The number of hydrogen-bond acceptors (Lipinski definition) is 3. The third kappa shape index (κ3) is 3.68. The van der Waals surface area contributed by atoms with E-state index in [1.165, 1.54) is 19.4 Å². The van der Waals surface area contributed by atoms with E-state index >= 15 is 0 Å². The molecule has 2 atom stereocenters. The van der Waals surface area contributed by atoms with Crippen LogP contribution in [0.3, 0.4) is 0 Å². The number of carbonyl (C=O) groups is 1. The molecule has 2 aliphatic heterocycles. The fraction of sp³-hybridized carbons (Fsp3) is 0.923. The number of amides is 1. The molecule has 2 unspecified atom stereocenters. The lowest BCUT2D eigenvalue weighted by Crippen LogP contribution is -2.40. The first-order valence-corrected chi connectivity index (χ1v) is 7.01. The molecule has 0 aromatic carbocycles. The van der Waals surface area contributed by atoms with Crippen molar-refractivity contribution in [1.82, 2.24) is 15.5 Å². The van der Waals surface area contributed by atoms with Crippen molar-refractivity contribution in [3.63, 3.8) is 0 Å². The van der Waals surface area contributed by atoms with Crippen molar-refractivity contribution in [2.75, 3.05) is 32.7 Å². The molecule has 2 heterocycles. The second-order valence-electron chi connectivity index (χ2n) is 5.29. The van der Waals surface area contributed by atoms with Gasteiger partial charge in [-0.05, 0) is 51.4 Å². The van der Waals surface area contributed by atoms with E-state index in [9.17, 15) is 4.79 Å². The van der Waals surface area contributed by atoms with Crippen LogP contribution in [-0.4, -0.2) is 49.6 Å². The van der Waals surface area contributed by atoms with Gasteiger partial charge in [0.1, 0.15) is 0 Å². The van der Waals surface area contributed by atoms with Crippen molar-refractivity contribution in [1.29, 1.82) is 0 Å². The van der Waals surface area contributed by atoms with Gasteiger partial charge >= 0.3 is 0 Å². The monoisotopic (exact) mass is 239 g/mol. The van der Waals surface area contributed by atoms with Crippen LogP contribution in [0.4, 0.5) is 0 Å². The summed E-state index contributed by atoms with van der Waals surface area (Å²) in [5, 5.41) is 6.41. The Balaban J connectivity index is 1.65. The maximum absolute atomic E-state index is 11.8. The minimum absolute atomic E-state index is 0.238. The molecule has 0 radical (unpaired) electrons. The Kier molecular flexibility index (Phi) is 4.80. The second kappa shape index (κ2) is 6.36. The zero-order valence-corrected chi connectivity index (χ0v) is 10.9. The van der Waals surface area contributed by atoms with Gasteiger partial charge in [0.2, 0.25) is 5.91 Å². The molecule has 2 fully saturated rings. The molecule has 0 aromatic heterocycles. The van der Waals surface area contributed by atoms with Crippen LogP contribution in [0.15, 0.2) is 0 Å². The smallest absolute Gasteiger partial charge is 0.220 e. The van der Waals surface area contributed by atoms with Crippen LogP contribution >= 0.6 is 0 Å². The highest BCUT2D eigenvalue weighted by Gasteiger charge is 2.24. The lowest BCUT2D eigenvalue weighted by atomic mass is 10.0. The first-order chi connectivity index (χ1) is 8.29. The lowest BCUT2D eigenvalue weighted by Gasteiger charge is -2.23. The third-order valence-corrected chi connectivity index (χ3v) is 4.08. The number of likely N-dealkylation sites (N-methyl/N-ethyl adjacent to an activating group) is 1. The predicted molar refractivity (Wildman–Crippen MR) is 68.9 cm³/mol. The Hall–Kier alpha value is -0.610. The highest BCUT2D eigenvalue weighted by molar-refractivity contribution is 5.76. The zero-order valence-electron chi connectivity index (χ0n) is 10.9. The number of nitrogens with one attached hydrogen (secondary N) is 2. The Bertz CT molecular complexity index is 251. The molecule has 0 aromatic rings. The molecule has 98 valence electrons. The van der Waals surface area contributed by atoms with Gasteiger partial charge in [-0.3, -0.25) is 9.69 Å². The van der Waals surface area contributed by atoms with E-state index in [2.05, 4.69) is 22.5 Å². The quantitative estimate of drug-likeness (QED) is 0.738. The topological polar surface area (TPSA) is 44.4 Å². The van der Waals surface area contributed by atoms with E-state index in [1.54, 1.807) is 0 Å². The number of hydrogen-bond donors (Lipinski definition) is 2. The van der Waals surface area contributed by atoms with Gasteiger partial charge in [-0.15, -0.1) is 0 Å². The van der Waals surface area contributed by atoms with Gasteiger partial charge in [-0.1, -0.05) is 6.92 Å². The molecule has 0 saturated carbocycles. The molecule has 2 saturated heterocycles. The standard InChI is InChI=1S/C13H25N3O/c1-2-16-7-3-4-12(16)10-15-13(17)8-11-5-6-14-9-11/h11-12,14H,2-10H2,1H3,(H,15,17). The molecule has 0 spiro atoms. The summed E-state index contributed by atoms with van der Waals surface area (Å²) in [5.41, 5.74) is 0. The minimum Gasteiger partial charge on any atom is -0.355 e. The van der Waals surface area contributed by atoms with Crippen LogP contribution in [0, 0.1) is 5.92 Å². The summed E-state index contributed by atoms with van der Waals surface area (Å²) in [4.78, 5) is 14.3. The maximum Gasteiger partial charge on any atom is 0.220 e. The number of rotatable bonds is 5. The van der Waals surface area contributed by atoms with Crippen LogP contribution < -0.4 is 10.6 Å². The van der Waals surface area contributed by atoms with Crippen molar-refractivity contribution in [2.45, 2.75) is 38.6 Å².